The fourth-order valence-electron chi connectivity index (χ4n) is 5.08. The summed E-state index contributed by atoms with van der Waals surface area (Å²) in [7, 11) is 0. The van der Waals surface area contributed by atoms with Crippen molar-refractivity contribution in [1.29, 1.82) is 0 Å². The number of halogens is 3. The number of anilines is 1. The Morgan fingerprint density at radius 3 is 1.98 bits per heavy atom. The van der Waals surface area contributed by atoms with Crippen LogP contribution in [0.15, 0.2) is 66.7 Å². The molecular formula is C32H36F3N3O2. The lowest BCUT2D eigenvalue weighted by Crippen LogP contribution is -2.36. The molecule has 4 rings (SSSR count). The Labute approximate surface area is 233 Å². The topological polar surface area (TPSA) is 61.4 Å². The quantitative estimate of drug-likeness (QED) is 0.294. The second-order valence-corrected chi connectivity index (χ2v) is 10.7. The van der Waals surface area contributed by atoms with E-state index in [1.54, 1.807) is 50.2 Å². The maximum Gasteiger partial charge on any atom is 0.232 e. The highest BCUT2D eigenvalue weighted by atomic mass is 19.1. The van der Waals surface area contributed by atoms with Crippen LogP contribution in [0.3, 0.4) is 0 Å². The van der Waals surface area contributed by atoms with Gasteiger partial charge in [0.2, 0.25) is 11.8 Å². The number of carbonyl (C=O) groups is 2. The molecule has 1 aliphatic heterocycles. The molecule has 2 N–H and O–H groups in total. The Hall–Kier alpha value is -3.65. The van der Waals surface area contributed by atoms with E-state index in [-0.39, 0.29) is 35.1 Å². The third-order valence-corrected chi connectivity index (χ3v) is 7.45. The first kappa shape index (κ1) is 29.3. The van der Waals surface area contributed by atoms with Crippen LogP contribution in [0, 0.1) is 23.4 Å². The number of rotatable bonds is 10. The highest BCUT2D eigenvalue weighted by Gasteiger charge is 2.24. The van der Waals surface area contributed by atoms with Gasteiger partial charge in [-0.25, -0.2) is 13.2 Å². The zero-order valence-electron chi connectivity index (χ0n) is 22.9. The van der Waals surface area contributed by atoms with Crippen LogP contribution in [-0.2, 0) is 9.59 Å². The van der Waals surface area contributed by atoms with Gasteiger partial charge < -0.3 is 15.5 Å². The first-order chi connectivity index (χ1) is 19.2. The molecule has 1 saturated heterocycles. The van der Waals surface area contributed by atoms with Crippen LogP contribution in [-0.4, -0.2) is 42.9 Å². The van der Waals surface area contributed by atoms with Crippen LogP contribution >= 0.6 is 0 Å². The van der Waals surface area contributed by atoms with E-state index in [9.17, 15) is 22.8 Å². The molecule has 0 spiro atoms. The molecule has 0 atom stereocenters. The van der Waals surface area contributed by atoms with Crippen molar-refractivity contribution in [3.63, 3.8) is 0 Å². The van der Waals surface area contributed by atoms with Crippen LogP contribution in [0.5, 0.6) is 0 Å². The highest BCUT2D eigenvalue weighted by Crippen LogP contribution is 2.31. The predicted molar refractivity (Wildman–Crippen MR) is 151 cm³/mol. The molecule has 2 amide bonds. The molecule has 0 bridgehead atoms. The van der Waals surface area contributed by atoms with Crippen molar-refractivity contribution in [2.75, 3.05) is 31.5 Å². The van der Waals surface area contributed by atoms with E-state index in [2.05, 4.69) is 15.5 Å². The summed E-state index contributed by atoms with van der Waals surface area (Å²) >= 11 is 0. The van der Waals surface area contributed by atoms with Gasteiger partial charge in [-0.05, 0) is 97.9 Å². The van der Waals surface area contributed by atoms with E-state index >= 15 is 0 Å². The molecule has 0 aromatic heterocycles. The van der Waals surface area contributed by atoms with Crippen molar-refractivity contribution in [3.8, 4) is 0 Å². The Bertz CT molecular complexity index is 1240. The summed E-state index contributed by atoms with van der Waals surface area (Å²) in [6, 6.07) is 16.6. The van der Waals surface area contributed by atoms with Gasteiger partial charge >= 0.3 is 0 Å². The van der Waals surface area contributed by atoms with E-state index in [0.717, 1.165) is 44.5 Å². The van der Waals surface area contributed by atoms with Gasteiger partial charge in [-0.15, -0.1) is 0 Å². The largest absolute Gasteiger partial charge is 0.355 e. The highest BCUT2D eigenvalue weighted by molar-refractivity contribution is 5.92. The SMILES string of the molecule is CC(C)C(=O)Nc1cc(C2CCN(CCCNC(=O)C(c3ccc(F)cc3)c3ccc(F)cc3)CC2)ccc1F. The first-order valence-electron chi connectivity index (χ1n) is 13.8. The maximum atomic E-state index is 14.2. The summed E-state index contributed by atoms with van der Waals surface area (Å²) in [5.74, 6) is -2.23. The Balaban J connectivity index is 1.27. The van der Waals surface area contributed by atoms with E-state index < -0.39 is 11.7 Å². The minimum Gasteiger partial charge on any atom is -0.355 e. The molecule has 40 heavy (non-hydrogen) atoms. The second kappa shape index (κ2) is 13.6. The van der Waals surface area contributed by atoms with Gasteiger partial charge in [-0.1, -0.05) is 44.2 Å². The van der Waals surface area contributed by atoms with Crippen LogP contribution in [0.25, 0.3) is 0 Å². The van der Waals surface area contributed by atoms with Gasteiger partial charge in [0.25, 0.3) is 0 Å². The molecule has 3 aromatic carbocycles. The summed E-state index contributed by atoms with van der Waals surface area (Å²) in [6.45, 7) is 6.62. The fraction of sp³-hybridized carbons (Fsp3) is 0.375. The average Bonchev–Trinajstić information content (AvgIpc) is 2.95. The first-order valence-corrected chi connectivity index (χ1v) is 13.8. The standard InChI is InChI=1S/C32H36F3N3O2/c1-21(2)31(39)37-29-20-25(8-13-28(29)35)22-14-18-38(19-15-22)17-3-16-36-32(40)30(23-4-9-26(33)10-5-23)24-6-11-27(34)12-7-24/h4-13,20-22,30H,3,14-19H2,1-2H3,(H,36,40)(H,37,39). The van der Waals surface area contributed by atoms with Gasteiger partial charge in [0.1, 0.15) is 17.5 Å². The minimum atomic E-state index is -0.664. The Morgan fingerprint density at radius 2 is 1.43 bits per heavy atom. The number of hydrogen-bond donors (Lipinski definition) is 2. The van der Waals surface area contributed by atoms with Crippen molar-refractivity contribution in [3.05, 3.63) is 101 Å². The predicted octanol–water partition coefficient (Wildman–Crippen LogP) is 6.22. The van der Waals surface area contributed by atoms with Crippen molar-refractivity contribution < 1.29 is 22.8 Å². The van der Waals surface area contributed by atoms with E-state index in [1.165, 1.54) is 30.3 Å². The van der Waals surface area contributed by atoms with Crippen LogP contribution in [0.1, 0.15) is 61.6 Å². The number of hydrogen-bond acceptors (Lipinski definition) is 3. The van der Waals surface area contributed by atoms with Crippen LogP contribution < -0.4 is 10.6 Å². The summed E-state index contributed by atoms with van der Waals surface area (Å²) in [5, 5.41) is 5.68. The molecule has 8 heteroatoms. The van der Waals surface area contributed by atoms with E-state index in [4.69, 9.17) is 0 Å². The van der Waals surface area contributed by atoms with Crippen molar-refractivity contribution in [2.24, 2.45) is 5.92 Å². The summed E-state index contributed by atoms with van der Waals surface area (Å²) in [5.41, 5.74) is 2.54. The average molecular weight is 552 g/mol. The fourth-order valence-corrected chi connectivity index (χ4v) is 5.08. The molecule has 212 valence electrons. The second-order valence-electron chi connectivity index (χ2n) is 10.7. The molecule has 3 aromatic rings. The number of likely N-dealkylation sites (tertiary alicyclic amines) is 1. The number of benzene rings is 3. The molecular weight excluding hydrogens is 515 g/mol. The molecule has 1 heterocycles. The van der Waals surface area contributed by atoms with E-state index in [0.29, 0.717) is 23.6 Å². The van der Waals surface area contributed by atoms with E-state index in [1.807, 2.05) is 0 Å². The van der Waals surface area contributed by atoms with Crippen LogP contribution in [0.2, 0.25) is 0 Å². The number of nitrogens with one attached hydrogen (secondary N) is 2. The van der Waals surface area contributed by atoms with Gasteiger partial charge in [-0.2, -0.15) is 0 Å². The number of piperidine rings is 1. The number of nitrogens with zero attached hydrogens (tertiary/aromatic N) is 1. The van der Waals surface area contributed by atoms with Gasteiger partial charge in [0.15, 0.2) is 0 Å². The smallest absolute Gasteiger partial charge is 0.232 e. The molecule has 0 saturated carbocycles. The van der Waals surface area contributed by atoms with Gasteiger partial charge in [-0.3, -0.25) is 9.59 Å². The Morgan fingerprint density at radius 1 is 0.850 bits per heavy atom. The minimum absolute atomic E-state index is 0.209. The lowest BCUT2D eigenvalue weighted by molar-refractivity contribution is -0.121. The van der Waals surface area contributed by atoms with Crippen LogP contribution in [0.4, 0.5) is 18.9 Å². The molecule has 5 nitrogen and oxygen atoms in total. The number of amides is 2. The zero-order valence-corrected chi connectivity index (χ0v) is 22.9. The number of carbonyl (C=O) groups excluding carboxylic acids is 2. The molecule has 1 aliphatic rings. The lowest BCUT2D eigenvalue weighted by atomic mass is 9.89. The molecule has 0 radical (unpaired) electrons. The molecule has 0 unspecified atom stereocenters. The van der Waals surface area contributed by atoms with Gasteiger partial charge in [0.05, 0.1) is 11.6 Å². The third-order valence-electron chi connectivity index (χ3n) is 7.45. The summed E-state index contributed by atoms with van der Waals surface area (Å²) in [6.07, 6.45) is 2.61. The van der Waals surface area contributed by atoms with Crippen molar-refractivity contribution in [2.45, 2.75) is 44.9 Å². The zero-order chi connectivity index (χ0) is 28.6. The summed E-state index contributed by atoms with van der Waals surface area (Å²) < 4.78 is 41.2. The Kier molecular flexibility index (Phi) is 9.98. The monoisotopic (exact) mass is 551 g/mol. The lowest BCUT2D eigenvalue weighted by Gasteiger charge is -2.32. The normalized spacial score (nSPS) is 14.5. The molecule has 1 fully saturated rings. The van der Waals surface area contributed by atoms with Crippen molar-refractivity contribution in [1.82, 2.24) is 10.2 Å². The molecule has 0 aliphatic carbocycles. The summed E-state index contributed by atoms with van der Waals surface area (Å²) in [4.78, 5) is 27.5. The van der Waals surface area contributed by atoms with Crippen molar-refractivity contribution >= 4 is 17.5 Å². The third kappa shape index (κ3) is 7.72. The van der Waals surface area contributed by atoms with Gasteiger partial charge in [0, 0.05) is 12.5 Å². The maximum absolute atomic E-state index is 14.2.